The monoisotopic (exact) mass is 424 g/mol. The Kier molecular flexibility index (Phi) is 6.43. The number of carbonyl (C=O) groups is 2. The maximum Gasteiger partial charge on any atom is 0.253 e. The molecule has 0 radical (unpaired) electrons. The Hall–Kier alpha value is -2.33. The van der Waals surface area contributed by atoms with Gasteiger partial charge in [0.1, 0.15) is 0 Å². The topological polar surface area (TPSA) is 40.6 Å². The summed E-state index contributed by atoms with van der Waals surface area (Å²) < 4.78 is 0. The zero-order valence-corrected chi connectivity index (χ0v) is 18.2. The molecule has 0 aromatic heterocycles. The van der Waals surface area contributed by atoms with Crippen molar-refractivity contribution in [2.45, 2.75) is 44.6 Å². The second kappa shape index (κ2) is 9.22. The number of benzene rings is 2. The van der Waals surface area contributed by atoms with Gasteiger partial charge in [0.25, 0.3) is 5.91 Å². The summed E-state index contributed by atoms with van der Waals surface area (Å²) >= 11 is 6.35. The Labute approximate surface area is 183 Å². The van der Waals surface area contributed by atoms with Gasteiger partial charge in [-0.2, -0.15) is 0 Å². The van der Waals surface area contributed by atoms with Crippen LogP contribution in [0, 0.1) is 5.92 Å². The number of halogens is 1. The van der Waals surface area contributed by atoms with E-state index < -0.39 is 0 Å². The summed E-state index contributed by atoms with van der Waals surface area (Å²) in [6, 6.07) is 17.5. The summed E-state index contributed by atoms with van der Waals surface area (Å²) in [6.45, 7) is 4.30. The molecule has 0 bridgehead atoms. The summed E-state index contributed by atoms with van der Waals surface area (Å²) in [6.07, 6.45) is 3.51. The van der Waals surface area contributed by atoms with Crippen molar-refractivity contribution in [3.63, 3.8) is 0 Å². The summed E-state index contributed by atoms with van der Waals surface area (Å²) in [5.41, 5.74) is 1.83. The number of carbonyl (C=O) groups excluding carboxylic acids is 2. The van der Waals surface area contributed by atoms with Gasteiger partial charge in [-0.3, -0.25) is 9.59 Å². The molecule has 1 aliphatic heterocycles. The molecular formula is C25H29ClN2O2. The minimum Gasteiger partial charge on any atom is -0.339 e. The third-order valence-electron chi connectivity index (χ3n) is 6.37. The van der Waals surface area contributed by atoms with Crippen LogP contribution in [0.3, 0.4) is 0 Å². The molecule has 0 N–H and O–H groups in total. The standard InChI is InChI=1S/C25H29ClN2O2/c1-2-14-28(25(30)22-17-21(22)20-10-6-7-11-23(20)26)19-12-15-27(16-13-19)24(29)18-8-4-3-5-9-18/h3-11,19,21-22H,2,12-17H2,1H3. The minimum atomic E-state index is 0.0421. The number of nitrogens with zero attached hydrogens (tertiary/aromatic N) is 2. The molecule has 2 aromatic rings. The molecule has 2 aliphatic rings. The lowest BCUT2D eigenvalue weighted by atomic mass is 10.0. The molecule has 5 heteroatoms. The SMILES string of the molecule is CCCN(C(=O)C1CC1c1ccccc1Cl)C1CCN(C(=O)c2ccccc2)CC1. The van der Waals surface area contributed by atoms with Crippen LogP contribution in [-0.2, 0) is 4.79 Å². The molecule has 1 saturated carbocycles. The van der Waals surface area contributed by atoms with Crippen LogP contribution in [0.4, 0.5) is 0 Å². The predicted molar refractivity (Wildman–Crippen MR) is 120 cm³/mol. The molecule has 4 rings (SSSR count). The maximum atomic E-state index is 13.3. The molecule has 30 heavy (non-hydrogen) atoms. The maximum absolute atomic E-state index is 13.3. The Morgan fingerprint density at radius 2 is 1.70 bits per heavy atom. The van der Waals surface area contributed by atoms with Gasteiger partial charge in [-0.1, -0.05) is 54.9 Å². The molecular weight excluding hydrogens is 396 g/mol. The van der Waals surface area contributed by atoms with Crippen molar-refractivity contribution in [3.05, 3.63) is 70.7 Å². The molecule has 0 spiro atoms. The van der Waals surface area contributed by atoms with Crippen molar-refractivity contribution >= 4 is 23.4 Å². The van der Waals surface area contributed by atoms with E-state index in [0.29, 0.717) is 13.1 Å². The first-order valence-electron chi connectivity index (χ1n) is 11.0. The van der Waals surface area contributed by atoms with Crippen molar-refractivity contribution in [3.8, 4) is 0 Å². The molecule has 2 amide bonds. The van der Waals surface area contributed by atoms with Gasteiger partial charge < -0.3 is 9.80 Å². The van der Waals surface area contributed by atoms with Gasteiger partial charge in [-0.25, -0.2) is 0 Å². The third kappa shape index (κ3) is 4.39. The average molecular weight is 425 g/mol. The van der Waals surface area contributed by atoms with E-state index in [-0.39, 0.29) is 29.7 Å². The van der Waals surface area contributed by atoms with Crippen LogP contribution in [0.1, 0.15) is 54.4 Å². The van der Waals surface area contributed by atoms with Gasteiger partial charge in [0.05, 0.1) is 0 Å². The Bertz CT molecular complexity index is 893. The molecule has 1 heterocycles. The largest absolute Gasteiger partial charge is 0.339 e. The zero-order valence-electron chi connectivity index (χ0n) is 17.5. The molecule has 1 saturated heterocycles. The lowest BCUT2D eigenvalue weighted by Gasteiger charge is -2.39. The zero-order chi connectivity index (χ0) is 21.1. The first-order valence-corrected chi connectivity index (χ1v) is 11.4. The Morgan fingerprint density at radius 1 is 1.03 bits per heavy atom. The fraction of sp³-hybridized carbons (Fsp3) is 0.440. The van der Waals surface area contributed by atoms with Crippen molar-refractivity contribution in [2.75, 3.05) is 19.6 Å². The Morgan fingerprint density at radius 3 is 2.37 bits per heavy atom. The lowest BCUT2D eigenvalue weighted by Crippen LogP contribution is -2.49. The van der Waals surface area contributed by atoms with Crippen LogP contribution in [-0.4, -0.2) is 47.3 Å². The van der Waals surface area contributed by atoms with E-state index in [9.17, 15) is 9.59 Å². The van der Waals surface area contributed by atoms with Crippen molar-refractivity contribution < 1.29 is 9.59 Å². The van der Waals surface area contributed by atoms with Gasteiger partial charge in [-0.05, 0) is 55.4 Å². The van der Waals surface area contributed by atoms with Crippen molar-refractivity contribution in [2.24, 2.45) is 5.92 Å². The first kappa shape index (κ1) is 20.9. The van der Waals surface area contributed by atoms with Crippen LogP contribution >= 0.6 is 11.6 Å². The molecule has 2 aromatic carbocycles. The number of rotatable bonds is 6. The third-order valence-corrected chi connectivity index (χ3v) is 6.72. The van der Waals surface area contributed by atoms with Crippen LogP contribution in [0.15, 0.2) is 54.6 Å². The van der Waals surface area contributed by atoms with Crippen molar-refractivity contribution in [1.29, 1.82) is 0 Å². The summed E-state index contributed by atoms with van der Waals surface area (Å²) in [4.78, 5) is 30.1. The fourth-order valence-electron chi connectivity index (χ4n) is 4.66. The second-order valence-corrected chi connectivity index (χ2v) is 8.80. The molecule has 158 valence electrons. The number of piperidine rings is 1. The molecule has 2 unspecified atom stereocenters. The van der Waals surface area contributed by atoms with Gasteiger partial charge in [0.2, 0.25) is 5.91 Å². The smallest absolute Gasteiger partial charge is 0.253 e. The highest BCUT2D eigenvalue weighted by Crippen LogP contribution is 2.50. The number of hydrogen-bond acceptors (Lipinski definition) is 2. The normalized spacial score (nSPS) is 21.3. The van der Waals surface area contributed by atoms with Crippen LogP contribution < -0.4 is 0 Å². The first-order chi connectivity index (χ1) is 14.6. The molecule has 4 nitrogen and oxygen atoms in total. The predicted octanol–water partition coefficient (Wildman–Crippen LogP) is 4.99. The van der Waals surface area contributed by atoms with Crippen LogP contribution in [0.2, 0.25) is 5.02 Å². The Balaban J connectivity index is 1.38. The molecule has 2 fully saturated rings. The van der Waals surface area contributed by atoms with Crippen LogP contribution in [0.25, 0.3) is 0 Å². The van der Waals surface area contributed by atoms with Gasteiger partial charge in [0.15, 0.2) is 0 Å². The summed E-state index contributed by atoms with van der Waals surface area (Å²) in [5, 5.41) is 0.757. The highest BCUT2D eigenvalue weighted by atomic mass is 35.5. The van der Waals surface area contributed by atoms with Gasteiger partial charge >= 0.3 is 0 Å². The minimum absolute atomic E-state index is 0.0421. The van der Waals surface area contributed by atoms with E-state index in [2.05, 4.69) is 11.8 Å². The van der Waals surface area contributed by atoms with Gasteiger partial charge in [-0.15, -0.1) is 0 Å². The highest BCUT2D eigenvalue weighted by Gasteiger charge is 2.47. The quantitative estimate of drug-likeness (QED) is 0.655. The summed E-state index contributed by atoms with van der Waals surface area (Å²) in [7, 11) is 0. The van der Waals surface area contributed by atoms with E-state index in [4.69, 9.17) is 11.6 Å². The summed E-state index contributed by atoms with van der Waals surface area (Å²) in [5.74, 6) is 0.628. The van der Waals surface area contributed by atoms with E-state index >= 15 is 0 Å². The lowest BCUT2D eigenvalue weighted by molar-refractivity contribution is -0.136. The van der Waals surface area contributed by atoms with E-state index in [1.54, 1.807) is 0 Å². The average Bonchev–Trinajstić information content (AvgIpc) is 3.58. The number of likely N-dealkylation sites (tertiary alicyclic amines) is 1. The molecule has 1 aliphatic carbocycles. The second-order valence-electron chi connectivity index (χ2n) is 8.39. The fourth-order valence-corrected chi connectivity index (χ4v) is 4.93. The van der Waals surface area contributed by atoms with E-state index in [0.717, 1.165) is 48.4 Å². The number of hydrogen-bond donors (Lipinski definition) is 0. The molecule has 2 atom stereocenters. The van der Waals surface area contributed by atoms with E-state index in [1.165, 1.54) is 0 Å². The van der Waals surface area contributed by atoms with Gasteiger partial charge in [0, 0.05) is 42.2 Å². The highest BCUT2D eigenvalue weighted by molar-refractivity contribution is 6.31. The van der Waals surface area contributed by atoms with E-state index in [1.807, 2.05) is 59.5 Å². The van der Waals surface area contributed by atoms with Crippen LogP contribution in [0.5, 0.6) is 0 Å². The van der Waals surface area contributed by atoms with Crippen molar-refractivity contribution in [1.82, 2.24) is 9.80 Å². The number of amides is 2.